The maximum absolute atomic E-state index is 11.3. The molecule has 0 fully saturated rings. The topological polar surface area (TPSA) is 45.8 Å². The van der Waals surface area contributed by atoms with Gasteiger partial charge in [0.15, 0.2) is 0 Å². The van der Waals surface area contributed by atoms with E-state index in [1.165, 1.54) is 4.88 Å². The molecule has 15 heavy (non-hydrogen) atoms. The van der Waals surface area contributed by atoms with Crippen molar-refractivity contribution in [1.29, 1.82) is 0 Å². The maximum atomic E-state index is 11.3. The number of hydrogen-bond acceptors (Lipinski definition) is 3. The number of nitrogens with one attached hydrogen (secondary N) is 1. The van der Waals surface area contributed by atoms with Crippen LogP contribution >= 0.6 is 11.3 Å². The molecule has 0 unspecified atom stereocenters. The van der Waals surface area contributed by atoms with Gasteiger partial charge in [-0.05, 0) is 37.8 Å². The lowest BCUT2D eigenvalue weighted by Crippen LogP contribution is -2.14. The van der Waals surface area contributed by atoms with Crippen molar-refractivity contribution >= 4 is 11.3 Å². The first-order valence-corrected chi connectivity index (χ1v) is 5.59. The van der Waals surface area contributed by atoms with E-state index in [9.17, 15) is 4.79 Å². The van der Waals surface area contributed by atoms with Crippen LogP contribution in [0.2, 0.25) is 0 Å². The molecule has 0 saturated heterocycles. The Morgan fingerprint density at radius 3 is 2.60 bits per heavy atom. The highest BCUT2D eigenvalue weighted by Crippen LogP contribution is 2.27. The number of rotatable bonds is 1. The quantitative estimate of drug-likeness (QED) is 0.802. The first-order valence-electron chi connectivity index (χ1n) is 4.71. The van der Waals surface area contributed by atoms with Gasteiger partial charge in [0.05, 0.1) is 5.69 Å². The fourth-order valence-electron chi connectivity index (χ4n) is 1.52. The number of nitrogens with zero attached hydrogens (tertiary/aromatic N) is 1. The van der Waals surface area contributed by atoms with E-state index in [0.29, 0.717) is 0 Å². The zero-order valence-electron chi connectivity index (χ0n) is 8.92. The second-order valence-corrected chi connectivity index (χ2v) is 4.66. The molecule has 0 aliphatic carbocycles. The lowest BCUT2D eigenvalue weighted by Gasteiger charge is -2.05. The Bertz CT molecular complexity index is 554. The minimum absolute atomic E-state index is 0.107. The molecule has 2 heterocycles. The van der Waals surface area contributed by atoms with Gasteiger partial charge in [0.2, 0.25) is 0 Å². The second kappa shape index (κ2) is 3.62. The van der Waals surface area contributed by atoms with Crippen molar-refractivity contribution in [2.24, 2.45) is 0 Å². The molecule has 0 spiro atoms. The van der Waals surface area contributed by atoms with E-state index in [2.05, 4.69) is 17.1 Å². The zero-order valence-corrected chi connectivity index (χ0v) is 9.73. The van der Waals surface area contributed by atoms with Gasteiger partial charge >= 0.3 is 0 Å². The van der Waals surface area contributed by atoms with Crippen LogP contribution in [-0.2, 0) is 0 Å². The zero-order chi connectivity index (χ0) is 11.0. The van der Waals surface area contributed by atoms with Crippen molar-refractivity contribution in [3.05, 3.63) is 37.8 Å². The van der Waals surface area contributed by atoms with E-state index < -0.39 is 0 Å². The molecular weight excluding hydrogens is 208 g/mol. The predicted molar refractivity (Wildman–Crippen MR) is 62.4 cm³/mol. The molecule has 0 amide bonds. The highest BCUT2D eigenvalue weighted by atomic mass is 32.1. The summed E-state index contributed by atoms with van der Waals surface area (Å²) in [4.78, 5) is 12.6. The summed E-state index contributed by atoms with van der Waals surface area (Å²) in [5, 5.41) is 8.67. The van der Waals surface area contributed by atoms with Gasteiger partial charge in [-0.1, -0.05) is 0 Å². The van der Waals surface area contributed by atoms with Gasteiger partial charge in [-0.15, -0.1) is 11.3 Å². The summed E-state index contributed by atoms with van der Waals surface area (Å²) in [5.41, 5.74) is 3.58. The average molecular weight is 220 g/mol. The number of aromatic nitrogens is 2. The third-order valence-electron chi connectivity index (χ3n) is 2.64. The number of aromatic amines is 1. The largest absolute Gasteiger partial charge is 0.268 e. The summed E-state index contributed by atoms with van der Waals surface area (Å²) in [6.45, 7) is 5.81. The minimum Gasteiger partial charge on any atom is -0.268 e. The third-order valence-corrected chi connectivity index (χ3v) is 3.49. The SMILES string of the molecule is Cc1sccc1-c1n[nH]c(=O)c(C)c1C. The van der Waals surface area contributed by atoms with Crippen molar-refractivity contribution in [3.63, 3.8) is 0 Å². The predicted octanol–water partition coefficient (Wildman–Crippen LogP) is 2.42. The normalized spacial score (nSPS) is 10.6. The smallest absolute Gasteiger partial charge is 0.267 e. The van der Waals surface area contributed by atoms with Crippen LogP contribution in [0.1, 0.15) is 16.0 Å². The van der Waals surface area contributed by atoms with Gasteiger partial charge in [-0.25, -0.2) is 5.10 Å². The van der Waals surface area contributed by atoms with Gasteiger partial charge in [-0.3, -0.25) is 4.79 Å². The Balaban J connectivity index is 2.70. The maximum Gasteiger partial charge on any atom is 0.267 e. The standard InChI is InChI=1S/C11H12N2OS/c1-6-7(2)11(14)13-12-10(6)9-4-5-15-8(9)3/h4-5H,1-3H3,(H,13,14). The van der Waals surface area contributed by atoms with Crippen LogP contribution < -0.4 is 5.56 Å². The van der Waals surface area contributed by atoms with Crippen molar-refractivity contribution in [2.45, 2.75) is 20.8 Å². The molecule has 0 aromatic carbocycles. The van der Waals surface area contributed by atoms with Crippen molar-refractivity contribution in [1.82, 2.24) is 10.2 Å². The summed E-state index contributed by atoms with van der Waals surface area (Å²) in [6, 6.07) is 2.03. The lowest BCUT2D eigenvalue weighted by molar-refractivity contribution is 0.958. The first-order chi connectivity index (χ1) is 7.11. The molecule has 0 aliphatic heterocycles. The van der Waals surface area contributed by atoms with E-state index in [0.717, 1.165) is 22.4 Å². The summed E-state index contributed by atoms with van der Waals surface area (Å²) in [5.74, 6) is 0. The molecule has 0 atom stereocenters. The summed E-state index contributed by atoms with van der Waals surface area (Å²) in [6.07, 6.45) is 0. The van der Waals surface area contributed by atoms with Gasteiger partial charge in [0.25, 0.3) is 5.56 Å². The highest BCUT2D eigenvalue weighted by Gasteiger charge is 2.11. The molecule has 2 aromatic heterocycles. The lowest BCUT2D eigenvalue weighted by atomic mass is 10.1. The van der Waals surface area contributed by atoms with Gasteiger partial charge < -0.3 is 0 Å². The molecule has 0 radical (unpaired) electrons. The van der Waals surface area contributed by atoms with E-state index >= 15 is 0 Å². The van der Waals surface area contributed by atoms with Crippen molar-refractivity contribution in [3.8, 4) is 11.3 Å². The molecule has 3 nitrogen and oxygen atoms in total. The summed E-state index contributed by atoms with van der Waals surface area (Å²) < 4.78 is 0. The molecule has 2 rings (SSSR count). The second-order valence-electron chi connectivity index (χ2n) is 3.54. The number of thiophene rings is 1. The Morgan fingerprint density at radius 2 is 2.00 bits per heavy atom. The van der Waals surface area contributed by atoms with Crippen LogP contribution in [-0.4, -0.2) is 10.2 Å². The van der Waals surface area contributed by atoms with Crippen LogP contribution in [0, 0.1) is 20.8 Å². The molecule has 0 saturated carbocycles. The van der Waals surface area contributed by atoms with Crippen molar-refractivity contribution < 1.29 is 0 Å². The van der Waals surface area contributed by atoms with E-state index in [1.807, 2.05) is 25.3 Å². The Kier molecular flexibility index (Phi) is 2.44. The average Bonchev–Trinajstić information content (AvgIpc) is 2.62. The molecule has 1 N–H and O–H groups in total. The Labute approximate surface area is 91.8 Å². The number of aryl methyl sites for hydroxylation is 1. The van der Waals surface area contributed by atoms with E-state index in [4.69, 9.17) is 0 Å². The summed E-state index contributed by atoms with van der Waals surface area (Å²) in [7, 11) is 0. The fourth-order valence-corrected chi connectivity index (χ4v) is 2.22. The summed E-state index contributed by atoms with van der Waals surface area (Å²) >= 11 is 1.69. The molecule has 2 aromatic rings. The fraction of sp³-hybridized carbons (Fsp3) is 0.273. The Hall–Kier alpha value is -1.42. The van der Waals surface area contributed by atoms with Crippen LogP contribution in [0.3, 0.4) is 0 Å². The highest BCUT2D eigenvalue weighted by molar-refractivity contribution is 7.10. The van der Waals surface area contributed by atoms with Crippen molar-refractivity contribution in [2.75, 3.05) is 0 Å². The van der Waals surface area contributed by atoms with Gasteiger partial charge in [-0.2, -0.15) is 5.10 Å². The number of H-pyrrole nitrogens is 1. The van der Waals surface area contributed by atoms with Crippen LogP contribution in [0.15, 0.2) is 16.2 Å². The molecule has 78 valence electrons. The molecule has 0 bridgehead atoms. The molecule has 4 heteroatoms. The van der Waals surface area contributed by atoms with Crippen LogP contribution in [0.4, 0.5) is 0 Å². The third kappa shape index (κ3) is 1.61. The number of hydrogen-bond donors (Lipinski definition) is 1. The van der Waals surface area contributed by atoms with Gasteiger partial charge in [0, 0.05) is 16.0 Å². The van der Waals surface area contributed by atoms with Crippen LogP contribution in [0.25, 0.3) is 11.3 Å². The Morgan fingerprint density at radius 1 is 1.27 bits per heavy atom. The molecular formula is C11H12N2OS. The van der Waals surface area contributed by atoms with E-state index in [-0.39, 0.29) is 5.56 Å². The van der Waals surface area contributed by atoms with E-state index in [1.54, 1.807) is 11.3 Å². The van der Waals surface area contributed by atoms with Crippen LogP contribution in [0.5, 0.6) is 0 Å². The first kappa shape index (κ1) is 10.1. The molecule has 0 aliphatic rings. The monoisotopic (exact) mass is 220 g/mol. The van der Waals surface area contributed by atoms with Gasteiger partial charge in [0.1, 0.15) is 0 Å². The minimum atomic E-state index is -0.107.